The van der Waals surface area contributed by atoms with E-state index in [-0.39, 0.29) is 0 Å². The van der Waals surface area contributed by atoms with E-state index in [1.54, 1.807) is 0 Å². The standard InChI is InChI=1S/C19H25N3/c1-2-8-19(9-3-1)15-20-11-12-22(19)14-16-6-7-18-17(13-16)5-4-10-21-18/h4-7,10,13,20H,1-3,8-9,11-12,14-15H2. The fourth-order valence-corrected chi connectivity index (χ4v) is 4.28. The van der Waals surface area contributed by atoms with Crippen LogP contribution in [0.2, 0.25) is 0 Å². The van der Waals surface area contributed by atoms with Crippen LogP contribution in [0.1, 0.15) is 37.7 Å². The summed E-state index contributed by atoms with van der Waals surface area (Å²) in [5, 5.41) is 4.90. The van der Waals surface area contributed by atoms with Crippen LogP contribution in [0.25, 0.3) is 10.9 Å². The fraction of sp³-hybridized carbons (Fsp3) is 0.526. The maximum Gasteiger partial charge on any atom is 0.0702 e. The molecule has 0 amide bonds. The Labute approximate surface area is 132 Å². The van der Waals surface area contributed by atoms with Crippen molar-refractivity contribution >= 4 is 10.9 Å². The van der Waals surface area contributed by atoms with E-state index < -0.39 is 0 Å². The van der Waals surface area contributed by atoms with Crippen molar-refractivity contribution in [3.05, 3.63) is 42.1 Å². The lowest BCUT2D eigenvalue weighted by atomic mass is 9.79. The van der Waals surface area contributed by atoms with E-state index in [1.165, 1.54) is 56.1 Å². The quantitative estimate of drug-likeness (QED) is 0.921. The first-order valence-electron chi connectivity index (χ1n) is 8.65. The lowest BCUT2D eigenvalue weighted by Gasteiger charge is -2.50. The summed E-state index contributed by atoms with van der Waals surface area (Å²) in [6.45, 7) is 4.54. The number of nitrogens with one attached hydrogen (secondary N) is 1. The molecule has 3 nitrogen and oxygen atoms in total. The van der Waals surface area contributed by atoms with Gasteiger partial charge in [0.1, 0.15) is 0 Å². The molecule has 0 atom stereocenters. The molecule has 0 unspecified atom stereocenters. The Morgan fingerprint density at radius 3 is 2.95 bits per heavy atom. The molecule has 2 aromatic rings. The molecule has 22 heavy (non-hydrogen) atoms. The van der Waals surface area contributed by atoms with Crippen molar-refractivity contribution in [3.8, 4) is 0 Å². The molecule has 1 aliphatic carbocycles. The average molecular weight is 295 g/mol. The number of hydrogen-bond acceptors (Lipinski definition) is 3. The Morgan fingerprint density at radius 1 is 1.14 bits per heavy atom. The highest BCUT2D eigenvalue weighted by Gasteiger charge is 2.39. The topological polar surface area (TPSA) is 28.2 Å². The number of aromatic nitrogens is 1. The van der Waals surface area contributed by atoms with Gasteiger partial charge in [-0.3, -0.25) is 9.88 Å². The van der Waals surface area contributed by atoms with E-state index in [9.17, 15) is 0 Å². The van der Waals surface area contributed by atoms with Gasteiger partial charge in [0, 0.05) is 43.3 Å². The van der Waals surface area contributed by atoms with E-state index in [4.69, 9.17) is 0 Å². The van der Waals surface area contributed by atoms with Crippen LogP contribution in [0.3, 0.4) is 0 Å². The third-order valence-corrected chi connectivity index (χ3v) is 5.51. The highest BCUT2D eigenvalue weighted by molar-refractivity contribution is 5.78. The second-order valence-corrected chi connectivity index (χ2v) is 6.91. The number of hydrogen-bond donors (Lipinski definition) is 1. The molecule has 1 spiro atoms. The van der Waals surface area contributed by atoms with Crippen molar-refractivity contribution in [2.75, 3.05) is 19.6 Å². The first-order valence-corrected chi connectivity index (χ1v) is 8.65. The van der Waals surface area contributed by atoms with Gasteiger partial charge in [-0.05, 0) is 36.6 Å². The second-order valence-electron chi connectivity index (χ2n) is 6.91. The summed E-state index contributed by atoms with van der Waals surface area (Å²) in [5.74, 6) is 0. The van der Waals surface area contributed by atoms with Crippen molar-refractivity contribution < 1.29 is 0 Å². The van der Waals surface area contributed by atoms with Crippen LogP contribution in [0, 0.1) is 0 Å². The van der Waals surface area contributed by atoms with E-state index in [0.29, 0.717) is 5.54 Å². The minimum atomic E-state index is 0.403. The van der Waals surface area contributed by atoms with Gasteiger partial charge < -0.3 is 5.32 Å². The molecular weight excluding hydrogens is 270 g/mol. The zero-order valence-electron chi connectivity index (χ0n) is 13.2. The minimum Gasteiger partial charge on any atom is -0.314 e. The lowest BCUT2D eigenvalue weighted by Crippen LogP contribution is -2.61. The van der Waals surface area contributed by atoms with Gasteiger partial charge >= 0.3 is 0 Å². The van der Waals surface area contributed by atoms with E-state index >= 15 is 0 Å². The van der Waals surface area contributed by atoms with Crippen LogP contribution in [-0.2, 0) is 6.54 Å². The third kappa shape index (κ3) is 2.64. The van der Waals surface area contributed by atoms with Gasteiger partial charge in [0.2, 0.25) is 0 Å². The highest BCUT2D eigenvalue weighted by Crippen LogP contribution is 2.35. The summed E-state index contributed by atoms with van der Waals surface area (Å²) in [5.41, 5.74) is 2.92. The molecule has 3 heteroatoms. The molecule has 0 radical (unpaired) electrons. The normalized spacial score (nSPS) is 22.2. The van der Waals surface area contributed by atoms with Crippen molar-refractivity contribution in [1.29, 1.82) is 0 Å². The molecule has 1 saturated heterocycles. The second kappa shape index (κ2) is 5.98. The van der Waals surface area contributed by atoms with E-state index in [1.807, 2.05) is 12.3 Å². The maximum absolute atomic E-state index is 4.43. The zero-order chi connectivity index (χ0) is 14.8. The van der Waals surface area contributed by atoms with Crippen molar-refractivity contribution in [2.45, 2.75) is 44.2 Å². The molecule has 2 heterocycles. The number of benzene rings is 1. The van der Waals surface area contributed by atoms with E-state index in [2.05, 4.69) is 39.5 Å². The summed E-state index contributed by atoms with van der Waals surface area (Å²) >= 11 is 0. The molecule has 1 aromatic heterocycles. The summed E-state index contributed by atoms with van der Waals surface area (Å²) in [7, 11) is 0. The molecule has 0 bridgehead atoms. The van der Waals surface area contributed by atoms with Gasteiger partial charge in [-0.25, -0.2) is 0 Å². The van der Waals surface area contributed by atoms with Crippen LogP contribution in [0.15, 0.2) is 36.5 Å². The van der Waals surface area contributed by atoms with Crippen LogP contribution in [0.5, 0.6) is 0 Å². The summed E-state index contributed by atoms with van der Waals surface area (Å²) < 4.78 is 0. The van der Waals surface area contributed by atoms with Crippen molar-refractivity contribution in [3.63, 3.8) is 0 Å². The minimum absolute atomic E-state index is 0.403. The van der Waals surface area contributed by atoms with Crippen molar-refractivity contribution in [2.24, 2.45) is 0 Å². The fourth-order valence-electron chi connectivity index (χ4n) is 4.28. The molecule has 1 aromatic carbocycles. The predicted octanol–water partition coefficient (Wildman–Crippen LogP) is 3.34. The lowest BCUT2D eigenvalue weighted by molar-refractivity contribution is 0.0209. The Kier molecular flexibility index (Phi) is 3.85. The molecule has 1 aliphatic heterocycles. The molecular formula is C19H25N3. The monoisotopic (exact) mass is 295 g/mol. The van der Waals surface area contributed by atoms with Crippen LogP contribution < -0.4 is 5.32 Å². The van der Waals surface area contributed by atoms with Gasteiger partial charge in [0.25, 0.3) is 0 Å². The van der Waals surface area contributed by atoms with Gasteiger partial charge in [0.05, 0.1) is 5.52 Å². The van der Waals surface area contributed by atoms with Crippen LogP contribution in [0.4, 0.5) is 0 Å². The highest BCUT2D eigenvalue weighted by atomic mass is 15.3. The molecule has 4 rings (SSSR count). The van der Waals surface area contributed by atoms with Gasteiger partial charge in [0.15, 0.2) is 0 Å². The molecule has 1 N–H and O–H groups in total. The predicted molar refractivity (Wildman–Crippen MR) is 90.8 cm³/mol. The molecule has 2 fully saturated rings. The Balaban J connectivity index is 1.59. The van der Waals surface area contributed by atoms with Gasteiger partial charge in [-0.2, -0.15) is 0 Å². The maximum atomic E-state index is 4.43. The first kappa shape index (κ1) is 14.2. The zero-order valence-corrected chi connectivity index (χ0v) is 13.2. The summed E-state index contributed by atoms with van der Waals surface area (Å²) in [6, 6.07) is 10.9. The molecule has 2 aliphatic rings. The Hall–Kier alpha value is -1.45. The average Bonchev–Trinajstić information content (AvgIpc) is 2.58. The number of fused-ring (bicyclic) bond motifs is 1. The smallest absolute Gasteiger partial charge is 0.0702 e. The molecule has 116 valence electrons. The largest absolute Gasteiger partial charge is 0.314 e. The number of piperazine rings is 1. The van der Waals surface area contributed by atoms with Crippen LogP contribution in [-0.4, -0.2) is 35.1 Å². The SMILES string of the molecule is c1cnc2ccc(CN3CCNCC34CCCCC4)cc2c1. The first-order chi connectivity index (χ1) is 10.9. The Morgan fingerprint density at radius 2 is 2.05 bits per heavy atom. The van der Waals surface area contributed by atoms with E-state index in [0.717, 1.165) is 18.6 Å². The number of pyridine rings is 1. The summed E-state index contributed by atoms with van der Waals surface area (Å²) in [6.07, 6.45) is 8.77. The molecule has 1 saturated carbocycles. The number of rotatable bonds is 2. The third-order valence-electron chi connectivity index (χ3n) is 5.51. The van der Waals surface area contributed by atoms with Crippen molar-refractivity contribution in [1.82, 2.24) is 15.2 Å². The summed E-state index contributed by atoms with van der Waals surface area (Å²) in [4.78, 5) is 7.18. The number of nitrogens with zero attached hydrogens (tertiary/aromatic N) is 2. The van der Waals surface area contributed by atoms with Gasteiger partial charge in [-0.15, -0.1) is 0 Å². The van der Waals surface area contributed by atoms with Gasteiger partial charge in [-0.1, -0.05) is 31.4 Å². The van der Waals surface area contributed by atoms with Crippen LogP contribution >= 0.6 is 0 Å². The Bertz CT molecular complexity index is 638.